The molecule has 0 aromatic carbocycles. The Balaban J connectivity index is 0.000000646. The van der Waals surface area contributed by atoms with Crippen LogP contribution in [0.2, 0.25) is 0 Å². The minimum atomic E-state index is -5.32. The van der Waals surface area contributed by atoms with Gasteiger partial charge in [0.25, 0.3) is 5.56 Å². The standard InChI is InChI=1S/C16H23N3O15P2.C6H15N/c20-9-7(32-15(11(9)22)19-2-1-6-13(19)17-5-18-14(6)24)3-30-35(26,27)34-36(28,29)31-4-8-10(21)12(23)16(25)33-8;1-4-7(5-2)6-3/h1-2,5,7-12,15-16,20-23,25H,3-4H2,(H,26,27)(H,28,29)(H,17,18,24);4-6H2,1-3H3/t7-,8-,9-,10-,11-,12-,15-,16?;/m1./s1. The molecular weight excluding hydrogens is 622 g/mol. The maximum atomic E-state index is 12.1. The van der Waals surface area contributed by atoms with Gasteiger partial charge in [-0.3, -0.25) is 13.8 Å². The molecule has 0 saturated carbocycles. The van der Waals surface area contributed by atoms with Gasteiger partial charge in [0.05, 0.1) is 24.9 Å². The van der Waals surface area contributed by atoms with E-state index < -0.39 is 83.6 Å². The fourth-order valence-electron chi connectivity index (χ4n) is 4.33. The summed E-state index contributed by atoms with van der Waals surface area (Å²) < 4.78 is 48.8. The lowest BCUT2D eigenvalue weighted by atomic mass is 10.1. The van der Waals surface area contributed by atoms with Crippen molar-refractivity contribution in [3.05, 3.63) is 28.9 Å². The minimum Gasteiger partial charge on any atom is -0.387 e. The molecule has 21 heteroatoms. The average Bonchev–Trinajstić information content (AvgIpc) is 3.58. The molecule has 0 bridgehead atoms. The Bertz CT molecular complexity index is 1330. The lowest BCUT2D eigenvalue weighted by Crippen LogP contribution is -2.34. The first-order valence-corrected chi connectivity index (χ1v) is 16.3. The van der Waals surface area contributed by atoms with E-state index in [1.165, 1.54) is 36.5 Å². The largest absolute Gasteiger partial charge is 0.481 e. The summed E-state index contributed by atoms with van der Waals surface area (Å²) in [5.41, 5.74) is -0.329. The molecule has 10 atom stereocenters. The molecule has 3 unspecified atom stereocenters. The molecule has 0 spiro atoms. The molecule has 4 rings (SSSR count). The number of ether oxygens (including phenoxy) is 2. The number of H-pyrrole nitrogens is 1. The van der Waals surface area contributed by atoms with Crippen molar-refractivity contribution in [1.29, 1.82) is 0 Å². The summed E-state index contributed by atoms with van der Waals surface area (Å²) in [6, 6.07) is 1.40. The van der Waals surface area contributed by atoms with E-state index in [9.17, 15) is 49.2 Å². The molecule has 2 aromatic heterocycles. The molecule has 8 N–H and O–H groups in total. The van der Waals surface area contributed by atoms with Crippen LogP contribution >= 0.6 is 15.6 Å². The van der Waals surface area contributed by atoms with Crippen LogP contribution in [0.4, 0.5) is 0 Å². The second kappa shape index (κ2) is 15.1. The number of nitrogens with zero attached hydrogens (tertiary/aromatic N) is 3. The van der Waals surface area contributed by atoms with E-state index in [-0.39, 0.29) is 11.0 Å². The quantitative estimate of drug-likeness (QED) is 0.119. The summed E-state index contributed by atoms with van der Waals surface area (Å²) in [5.74, 6) is 0. The Morgan fingerprint density at radius 2 is 1.44 bits per heavy atom. The van der Waals surface area contributed by atoms with E-state index in [0.29, 0.717) is 0 Å². The van der Waals surface area contributed by atoms with Crippen LogP contribution in [0.15, 0.2) is 23.4 Å². The Hall–Kier alpha value is -1.64. The number of aliphatic hydroxyl groups is 5. The molecule has 19 nitrogen and oxygen atoms in total. The summed E-state index contributed by atoms with van der Waals surface area (Å²) in [4.78, 5) is 40.1. The highest BCUT2D eigenvalue weighted by Gasteiger charge is 2.47. The van der Waals surface area contributed by atoms with Gasteiger partial charge in [0, 0.05) is 6.20 Å². The van der Waals surface area contributed by atoms with Gasteiger partial charge in [0.1, 0.15) is 42.3 Å². The van der Waals surface area contributed by atoms with Gasteiger partial charge in [-0.15, -0.1) is 0 Å². The maximum absolute atomic E-state index is 12.1. The monoisotopic (exact) mass is 660 g/mol. The number of hydrogen-bond donors (Lipinski definition) is 8. The zero-order valence-electron chi connectivity index (χ0n) is 23.5. The number of rotatable bonds is 12. The number of phosphoric ester groups is 2. The number of hydrogen-bond acceptors (Lipinski definition) is 15. The number of aromatic nitrogens is 3. The fourth-order valence-corrected chi connectivity index (χ4v) is 6.43. The van der Waals surface area contributed by atoms with Crippen LogP contribution in [0.3, 0.4) is 0 Å². The van der Waals surface area contributed by atoms with Gasteiger partial charge in [-0.1, -0.05) is 20.8 Å². The molecule has 0 radical (unpaired) electrons. The first-order chi connectivity index (χ1) is 20.1. The normalized spacial score (nSPS) is 32.0. The van der Waals surface area contributed by atoms with Crippen molar-refractivity contribution in [2.75, 3.05) is 32.8 Å². The number of aliphatic hydroxyl groups excluding tert-OH is 5. The van der Waals surface area contributed by atoms with Crippen LogP contribution in [0.5, 0.6) is 0 Å². The maximum Gasteiger partial charge on any atom is 0.481 e. The summed E-state index contributed by atoms with van der Waals surface area (Å²) in [6.45, 7) is 8.32. The van der Waals surface area contributed by atoms with E-state index in [4.69, 9.17) is 9.47 Å². The molecule has 2 aliphatic rings. The van der Waals surface area contributed by atoms with Gasteiger partial charge in [0.2, 0.25) is 0 Å². The number of aromatic amines is 1. The predicted molar refractivity (Wildman–Crippen MR) is 145 cm³/mol. The fraction of sp³-hybridized carbons (Fsp3) is 0.727. The molecule has 246 valence electrons. The van der Waals surface area contributed by atoms with E-state index in [0.717, 1.165) is 6.33 Å². The third-order valence-corrected chi connectivity index (χ3v) is 9.42. The molecule has 2 aliphatic heterocycles. The lowest BCUT2D eigenvalue weighted by Gasteiger charge is -2.20. The van der Waals surface area contributed by atoms with Gasteiger partial charge in [-0.05, 0) is 25.7 Å². The van der Waals surface area contributed by atoms with Crippen LogP contribution in [0.1, 0.15) is 27.0 Å². The summed E-state index contributed by atoms with van der Waals surface area (Å²) in [6.07, 6.45) is -10.0. The SMILES string of the molecule is CCN(CC)CC.O=c1[nH]cnc2c1ccn2[C@@H]1O[C@H](COP(=O)(O)OP(=O)(O)OC[C@H]2OC(O)[C@H](O)[C@@H]2O)[C@@H](O)[C@H]1O. The van der Waals surface area contributed by atoms with Crippen molar-refractivity contribution in [1.82, 2.24) is 19.4 Å². The van der Waals surface area contributed by atoms with Crippen LogP contribution in [0.25, 0.3) is 11.0 Å². The highest BCUT2D eigenvalue weighted by atomic mass is 31.3. The van der Waals surface area contributed by atoms with Crippen molar-refractivity contribution >= 4 is 26.7 Å². The van der Waals surface area contributed by atoms with Crippen LogP contribution in [-0.4, -0.2) is 131 Å². The molecule has 4 heterocycles. The number of phosphoric acid groups is 2. The molecule has 43 heavy (non-hydrogen) atoms. The highest BCUT2D eigenvalue weighted by Crippen LogP contribution is 2.60. The average molecular weight is 661 g/mol. The van der Waals surface area contributed by atoms with Gasteiger partial charge < -0.3 is 59.2 Å². The Kier molecular flexibility index (Phi) is 12.6. The van der Waals surface area contributed by atoms with Crippen molar-refractivity contribution in [3.63, 3.8) is 0 Å². The van der Waals surface area contributed by atoms with E-state index in [1.54, 1.807) is 0 Å². The molecule has 0 amide bonds. The summed E-state index contributed by atoms with van der Waals surface area (Å²) in [7, 11) is -10.6. The van der Waals surface area contributed by atoms with Crippen LogP contribution in [0, 0.1) is 0 Å². The van der Waals surface area contributed by atoms with Gasteiger partial charge in [-0.25, -0.2) is 14.1 Å². The van der Waals surface area contributed by atoms with E-state index in [2.05, 4.69) is 49.0 Å². The second-order valence-corrected chi connectivity index (χ2v) is 12.6. The molecule has 0 aliphatic carbocycles. The van der Waals surface area contributed by atoms with Crippen molar-refractivity contribution in [3.8, 4) is 0 Å². The predicted octanol–water partition coefficient (Wildman–Crippen LogP) is -1.62. The smallest absolute Gasteiger partial charge is 0.387 e. The summed E-state index contributed by atoms with van der Waals surface area (Å²) in [5, 5.41) is 49.1. The Labute approximate surface area is 245 Å². The van der Waals surface area contributed by atoms with Gasteiger partial charge >= 0.3 is 15.6 Å². The molecule has 2 aromatic rings. The zero-order chi connectivity index (χ0) is 32.1. The second-order valence-electron chi connectivity index (χ2n) is 9.51. The van der Waals surface area contributed by atoms with Crippen molar-refractivity contribution in [2.24, 2.45) is 0 Å². The van der Waals surface area contributed by atoms with Crippen molar-refractivity contribution in [2.45, 2.75) is 69.9 Å². The number of nitrogens with one attached hydrogen (secondary N) is 1. The lowest BCUT2D eigenvalue weighted by molar-refractivity contribution is -0.132. The van der Waals surface area contributed by atoms with Crippen LogP contribution < -0.4 is 5.56 Å². The molecule has 2 fully saturated rings. The van der Waals surface area contributed by atoms with Gasteiger partial charge in [-0.2, -0.15) is 4.31 Å². The Morgan fingerprint density at radius 3 is 1.93 bits per heavy atom. The minimum absolute atomic E-state index is 0.127. The first-order valence-electron chi connectivity index (χ1n) is 13.3. The summed E-state index contributed by atoms with van der Waals surface area (Å²) >= 11 is 0. The first kappa shape index (κ1) is 35.8. The topological polar surface area (TPSA) is 276 Å². The number of fused-ring (bicyclic) bond motifs is 1. The zero-order valence-corrected chi connectivity index (χ0v) is 25.3. The third-order valence-electron chi connectivity index (χ3n) is 6.81. The third kappa shape index (κ3) is 8.97. The Morgan fingerprint density at radius 1 is 0.907 bits per heavy atom. The van der Waals surface area contributed by atoms with Gasteiger partial charge in [0.15, 0.2) is 12.5 Å². The molecular formula is C22H38N4O15P2. The van der Waals surface area contributed by atoms with Crippen LogP contribution in [-0.2, 0) is 32.0 Å². The highest BCUT2D eigenvalue weighted by molar-refractivity contribution is 7.61. The van der Waals surface area contributed by atoms with Crippen molar-refractivity contribution < 1.29 is 67.3 Å². The van der Waals surface area contributed by atoms with E-state index >= 15 is 0 Å². The van der Waals surface area contributed by atoms with E-state index in [1.807, 2.05) is 0 Å². The molecule has 2 saturated heterocycles.